The van der Waals surface area contributed by atoms with E-state index in [4.69, 9.17) is 4.52 Å². The first-order chi connectivity index (χ1) is 17.9. The molecule has 2 atom stereocenters. The lowest BCUT2D eigenvalue weighted by atomic mass is 9.82. The van der Waals surface area contributed by atoms with E-state index in [0.717, 1.165) is 36.4 Å². The number of aromatic nitrogens is 2. The van der Waals surface area contributed by atoms with Gasteiger partial charge < -0.3 is 14.7 Å². The Bertz CT molecular complexity index is 1060. The van der Waals surface area contributed by atoms with Crippen molar-refractivity contribution in [1.82, 2.24) is 30.8 Å². The smallest absolute Gasteiger partial charge is 0.250 e. The second kappa shape index (κ2) is 12.6. The van der Waals surface area contributed by atoms with Crippen molar-refractivity contribution in [3.63, 3.8) is 0 Å². The summed E-state index contributed by atoms with van der Waals surface area (Å²) in [5.74, 6) is 2.29. The van der Waals surface area contributed by atoms with Crippen LogP contribution in [0.4, 0.5) is 5.69 Å². The fourth-order valence-electron chi connectivity index (χ4n) is 5.47. The van der Waals surface area contributed by atoms with E-state index in [0.29, 0.717) is 36.6 Å². The minimum Gasteiger partial charge on any atom is -0.339 e. The number of fused-ring (bicyclic) bond motifs is 1. The molecule has 2 fully saturated rings. The fourth-order valence-corrected chi connectivity index (χ4v) is 5.47. The number of carbonyl (C=O) groups excluding carboxylic acids is 2. The van der Waals surface area contributed by atoms with Crippen LogP contribution < -0.4 is 15.5 Å². The number of anilines is 1. The van der Waals surface area contributed by atoms with Gasteiger partial charge >= 0.3 is 0 Å². The van der Waals surface area contributed by atoms with Crippen LogP contribution in [0, 0.1) is 25.7 Å². The maximum atomic E-state index is 13.4. The predicted octanol–water partition coefficient (Wildman–Crippen LogP) is 2.38. The van der Waals surface area contributed by atoms with E-state index in [-0.39, 0.29) is 24.9 Å². The molecular weight excluding hydrogens is 470 g/mol. The number of aryl methyl sites for hydroxylation is 2. The Morgan fingerprint density at radius 3 is 2.43 bits per heavy atom. The van der Waals surface area contributed by atoms with Crippen LogP contribution in [-0.4, -0.2) is 84.8 Å². The van der Waals surface area contributed by atoms with Crippen LogP contribution in [0.5, 0.6) is 0 Å². The van der Waals surface area contributed by atoms with Gasteiger partial charge in [0.1, 0.15) is 0 Å². The lowest BCUT2D eigenvalue weighted by Crippen LogP contribution is -2.48. The van der Waals surface area contributed by atoms with Crippen molar-refractivity contribution in [2.75, 3.05) is 57.8 Å². The van der Waals surface area contributed by atoms with Crippen molar-refractivity contribution in [2.24, 2.45) is 11.8 Å². The highest BCUT2D eigenvalue weighted by Crippen LogP contribution is 2.36. The van der Waals surface area contributed by atoms with Gasteiger partial charge in [-0.3, -0.25) is 19.9 Å². The summed E-state index contributed by atoms with van der Waals surface area (Å²) < 4.78 is 5.13. The van der Waals surface area contributed by atoms with E-state index < -0.39 is 0 Å². The van der Waals surface area contributed by atoms with Crippen LogP contribution in [0.1, 0.15) is 44.1 Å². The van der Waals surface area contributed by atoms with E-state index in [1.54, 1.807) is 16.8 Å². The second-order valence-electron chi connectivity index (χ2n) is 10.2. The average Bonchev–Trinajstić information content (AvgIpc) is 3.53. The van der Waals surface area contributed by atoms with Gasteiger partial charge in [-0.1, -0.05) is 37.1 Å². The van der Waals surface area contributed by atoms with Crippen LogP contribution in [-0.2, 0) is 9.59 Å². The number of likely N-dealkylation sites (N-methyl/N-ethyl adjacent to an activating group) is 2. The first-order valence-electron chi connectivity index (χ1n) is 13.5. The van der Waals surface area contributed by atoms with Crippen molar-refractivity contribution in [3.05, 3.63) is 29.7 Å². The van der Waals surface area contributed by atoms with Crippen LogP contribution >= 0.6 is 0 Å². The summed E-state index contributed by atoms with van der Waals surface area (Å²) in [5.41, 5.74) is 2.56. The third-order valence-corrected chi connectivity index (χ3v) is 7.64. The Hall–Kier alpha value is -2.82. The summed E-state index contributed by atoms with van der Waals surface area (Å²) in [6.45, 7) is 9.86. The molecular formula is C27H41N7O3. The number of rotatable bonds is 11. The van der Waals surface area contributed by atoms with Crippen LogP contribution in [0.15, 0.2) is 22.7 Å². The van der Waals surface area contributed by atoms with Crippen LogP contribution in [0.25, 0.3) is 11.4 Å². The summed E-state index contributed by atoms with van der Waals surface area (Å²) in [4.78, 5) is 32.3. The number of benzene rings is 1. The highest BCUT2D eigenvalue weighted by Gasteiger charge is 2.36. The van der Waals surface area contributed by atoms with E-state index >= 15 is 0 Å². The lowest BCUT2D eigenvalue weighted by Gasteiger charge is -2.29. The number of amides is 2. The molecule has 1 aromatic heterocycles. The van der Waals surface area contributed by atoms with Crippen LogP contribution in [0.2, 0.25) is 0 Å². The third-order valence-electron chi connectivity index (χ3n) is 7.64. The number of hydrogen-bond donors (Lipinski definition) is 2. The molecule has 2 amide bonds. The highest BCUT2D eigenvalue weighted by molar-refractivity contribution is 5.96. The number of hydrogen-bond acceptors (Lipinski definition) is 8. The summed E-state index contributed by atoms with van der Waals surface area (Å²) in [6.07, 6.45) is 5.15. The predicted molar refractivity (Wildman–Crippen MR) is 143 cm³/mol. The van der Waals surface area contributed by atoms with Crippen LogP contribution in [0.3, 0.4) is 0 Å². The minimum atomic E-state index is -0.0925. The minimum absolute atomic E-state index is 0.0173. The molecule has 0 radical (unpaired) electrons. The van der Waals surface area contributed by atoms with E-state index in [1.807, 2.05) is 39.1 Å². The van der Waals surface area contributed by atoms with Gasteiger partial charge in [0.15, 0.2) is 0 Å². The van der Waals surface area contributed by atoms with Gasteiger partial charge in [-0.2, -0.15) is 4.98 Å². The molecule has 1 saturated carbocycles. The first kappa shape index (κ1) is 27.2. The Morgan fingerprint density at radius 2 is 1.78 bits per heavy atom. The van der Waals surface area contributed by atoms with E-state index in [1.165, 1.54) is 25.7 Å². The van der Waals surface area contributed by atoms with Gasteiger partial charge in [0.05, 0.1) is 13.1 Å². The number of hydrazine groups is 1. The maximum Gasteiger partial charge on any atom is 0.250 e. The molecule has 2 aromatic rings. The molecule has 202 valence electrons. The topological polar surface area (TPSA) is 107 Å². The standard InChI is InChI=1S/C27H41N7O3/c1-5-28-12-13-34(24-14-21(11-10-19(24)2)27-30-20(3)37-31-27)26(36)16-29-15-25(35)32(4)33-17-22-8-6-7-9-23(22)18-33/h10-11,14,22-23,28-29H,5-9,12-13,15-18H2,1-4H3/t22-,23+. The molecule has 0 unspecified atom stereocenters. The number of nitrogens with zero attached hydrogens (tertiary/aromatic N) is 5. The molecule has 37 heavy (non-hydrogen) atoms. The van der Waals surface area contributed by atoms with Gasteiger partial charge in [0.25, 0.3) is 5.91 Å². The average molecular weight is 512 g/mol. The molecule has 2 heterocycles. The third kappa shape index (κ3) is 6.74. The van der Waals surface area contributed by atoms with Gasteiger partial charge in [-0.05, 0) is 49.8 Å². The zero-order valence-corrected chi connectivity index (χ0v) is 22.6. The van der Waals surface area contributed by atoms with E-state index in [9.17, 15) is 9.59 Å². The van der Waals surface area contributed by atoms with Crippen molar-refractivity contribution < 1.29 is 14.1 Å². The van der Waals surface area contributed by atoms with Gasteiger partial charge in [-0.15, -0.1) is 0 Å². The Kier molecular flexibility index (Phi) is 9.28. The van der Waals surface area contributed by atoms with Gasteiger partial charge in [0, 0.05) is 51.4 Å². The van der Waals surface area contributed by atoms with Crippen molar-refractivity contribution >= 4 is 17.5 Å². The largest absolute Gasteiger partial charge is 0.339 e. The quantitative estimate of drug-likeness (QED) is 0.443. The summed E-state index contributed by atoms with van der Waals surface area (Å²) in [5, 5.41) is 14.3. The fraction of sp³-hybridized carbons (Fsp3) is 0.630. The molecule has 0 bridgehead atoms. The molecule has 1 aromatic carbocycles. The number of nitrogens with one attached hydrogen (secondary N) is 2. The molecule has 2 aliphatic rings. The molecule has 2 N–H and O–H groups in total. The zero-order chi connectivity index (χ0) is 26.4. The Morgan fingerprint density at radius 1 is 1.08 bits per heavy atom. The monoisotopic (exact) mass is 511 g/mol. The van der Waals surface area contributed by atoms with Gasteiger partial charge in [-0.25, -0.2) is 5.01 Å². The normalized spacial score (nSPS) is 19.6. The molecule has 1 aliphatic carbocycles. The lowest BCUT2D eigenvalue weighted by molar-refractivity contribution is -0.143. The molecule has 10 nitrogen and oxygen atoms in total. The van der Waals surface area contributed by atoms with Crippen molar-refractivity contribution in [3.8, 4) is 11.4 Å². The summed E-state index contributed by atoms with van der Waals surface area (Å²) in [6, 6.07) is 5.82. The molecule has 1 aliphatic heterocycles. The van der Waals surface area contributed by atoms with Gasteiger partial charge in [0.2, 0.25) is 17.6 Å². The second-order valence-corrected chi connectivity index (χ2v) is 10.2. The maximum absolute atomic E-state index is 13.4. The molecule has 10 heteroatoms. The van der Waals surface area contributed by atoms with Crippen molar-refractivity contribution in [1.29, 1.82) is 0 Å². The number of carbonyl (C=O) groups is 2. The van der Waals surface area contributed by atoms with E-state index in [2.05, 4.69) is 25.8 Å². The summed E-state index contributed by atoms with van der Waals surface area (Å²) in [7, 11) is 1.85. The highest BCUT2D eigenvalue weighted by atomic mass is 16.5. The summed E-state index contributed by atoms with van der Waals surface area (Å²) >= 11 is 0. The molecule has 1 saturated heterocycles. The zero-order valence-electron chi connectivity index (χ0n) is 22.6. The SMILES string of the molecule is CCNCCN(C(=O)CNCC(=O)N(C)N1C[C@H]2CCCC[C@H]2C1)c1cc(-c2noc(C)n2)ccc1C. The van der Waals surface area contributed by atoms with Crippen molar-refractivity contribution in [2.45, 2.75) is 46.5 Å². The molecule has 0 spiro atoms. The first-order valence-corrected chi connectivity index (χ1v) is 13.5. The molecule has 4 rings (SSSR count). The Labute approximate surface area is 219 Å². The Balaban J connectivity index is 1.37.